The van der Waals surface area contributed by atoms with Crippen LogP contribution in [0.1, 0.15) is 6.04 Å². The van der Waals surface area contributed by atoms with Crippen LogP contribution in [0.4, 0.5) is 0 Å². The van der Waals surface area contributed by atoms with Gasteiger partial charge in [-0.25, -0.2) is 9.97 Å². The van der Waals surface area contributed by atoms with E-state index in [9.17, 15) is 0 Å². The van der Waals surface area contributed by atoms with E-state index >= 15 is 0 Å². The molecule has 0 fully saturated rings. The Bertz CT molecular complexity index is 1030. The summed E-state index contributed by atoms with van der Waals surface area (Å²) >= 11 is 5.27. The lowest BCUT2D eigenvalue weighted by atomic mass is 10.2. The lowest BCUT2D eigenvalue weighted by molar-refractivity contribution is 0.597. The predicted molar refractivity (Wildman–Crippen MR) is 103 cm³/mol. The van der Waals surface area contributed by atoms with Crippen LogP contribution in [-0.2, 0) is 0 Å². The zero-order valence-corrected chi connectivity index (χ0v) is 15.5. The minimum atomic E-state index is 0.361. The summed E-state index contributed by atoms with van der Waals surface area (Å²) in [5, 5.41) is 12.9. The Morgan fingerprint density at radius 3 is 2.96 bits per heavy atom. The van der Waals surface area contributed by atoms with Crippen molar-refractivity contribution >= 4 is 45.1 Å². The molecule has 1 aliphatic rings. The number of hydrogen-bond donors (Lipinski definition) is 0. The van der Waals surface area contributed by atoms with Gasteiger partial charge in [0.1, 0.15) is 11.4 Å². The van der Waals surface area contributed by atoms with Gasteiger partial charge in [0.15, 0.2) is 11.0 Å². The minimum Gasteiger partial charge on any atom is -0.297 e. The van der Waals surface area contributed by atoms with Crippen molar-refractivity contribution in [1.82, 2.24) is 24.7 Å². The maximum atomic E-state index is 4.48. The predicted octanol–water partition coefficient (Wildman–Crippen LogP) is 4.39. The fraction of sp³-hybridized carbons (Fsp3) is 0.176. The van der Waals surface area contributed by atoms with Crippen LogP contribution in [0.5, 0.6) is 0 Å². The van der Waals surface area contributed by atoms with E-state index in [2.05, 4.69) is 42.2 Å². The van der Waals surface area contributed by atoms with Crippen LogP contribution in [0.25, 0.3) is 21.6 Å². The Labute approximate surface area is 156 Å². The third kappa shape index (κ3) is 2.74. The second kappa shape index (κ2) is 6.44. The van der Waals surface area contributed by atoms with Gasteiger partial charge in [-0.05, 0) is 11.4 Å². The molecule has 4 heterocycles. The van der Waals surface area contributed by atoms with Crippen molar-refractivity contribution in [3.05, 3.63) is 48.1 Å². The standard InChI is InChI=1S/C17H13N5S3/c1-2-4-11(5-3-1)15-20-21-17-22(15)12(9-25-17)8-24-16-14-13(6-7-23-14)18-10-19-16/h1-7,10,12H,8-9H2/t12-/m0/s1. The zero-order valence-electron chi connectivity index (χ0n) is 13.1. The number of fused-ring (bicyclic) bond motifs is 2. The van der Waals surface area contributed by atoms with Gasteiger partial charge in [0, 0.05) is 17.1 Å². The maximum absolute atomic E-state index is 4.48. The largest absolute Gasteiger partial charge is 0.297 e. The van der Waals surface area contributed by atoms with Crippen molar-refractivity contribution < 1.29 is 0 Å². The molecule has 0 aliphatic carbocycles. The third-order valence-corrected chi connectivity index (χ3v) is 7.35. The van der Waals surface area contributed by atoms with Crippen molar-refractivity contribution in [3.8, 4) is 11.4 Å². The first-order chi connectivity index (χ1) is 12.4. The molecule has 4 aromatic rings. The summed E-state index contributed by atoms with van der Waals surface area (Å²) in [5.74, 6) is 2.92. The van der Waals surface area contributed by atoms with Crippen LogP contribution < -0.4 is 0 Å². The number of rotatable bonds is 4. The van der Waals surface area contributed by atoms with Crippen LogP contribution in [0.3, 0.4) is 0 Å². The Kier molecular flexibility index (Phi) is 3.95. The highest BCUT2D eigenvalue weighted by molar-refractivity contribution is 8.00. The summed E-state index contributed by atoms with van der Waals surface area (Å²) in [7, 11) is 0. The van der Waals surface area contributed by atoms with Crippen molar-refractivity contribution in [2.75, 3.05) is 11.5 Å². The molecule has 0 saturated carbocycles. The summed E-state index contributed by atoms with van der Waals surface area (Å²) in [5.41, 5.74) is 2.14. The van der Waals surface area contributed by atoms with Crippen LogP contribution in [-0.4, -0.2) is 36.2 Å². The topological polar surface area (TPSA) is 56.5 Å². The van der Waals surface area contributed by atoms with Crippen LogP contribution in [0, 0.1) is 0 Å². The van der Waals surface area contributed by atoms with E-state index in [1.54, 1.807) is 41.2 Å². The van der Waals surface area contributed by atoms with Gasteiger partial charge in [0.05, 0.1) is 16.3 Å². The molecule has 1 atom stereocenters. The molecular weight excluding hydrogens is 370 g/mol. The first-order valence-electron chi connectivity index (χ1n) is 7.84. The van der Waals surface area contributed by atoms with Gasteiger partial charge in [-0.1, -0.05) is 42.1 Å². The monoisotopic (exact) mass is 383 g/mol. The molecule has 0 N–H and O–H groups in total. The summed E-state index contributed by atoms with van der Waals surface area (Å²) < 4.78 is 3.45. The normalized spacial score (nSPS) is 16.4. The molecule has 3 aromatic heterocycles. The van der Waals surface area contributed by atoms with Crippen LogP contribution >= 0.6 is 34.9 Å². The lowest BCUT2D eigenvalue weighted by Crippen LogP contribution is -2.11. The van der Waals surface area contributed by atoms with Gasteiger partial charge in [-0.3, -0.25) is 4.57 Å². The maximum Gasteiger partial charge on any atom is 0.191 e. The molecule has 5 nitrogen and oxygen atoms in total. The molecule has 0 spiro atoms. The van der Waals surface area contributed by atoms with E-state index in [1.807, 2.05) is 24.3 Å². The number of thiophene rings is 1. The molecule has 1 aliphatic heterocycles. The summed E-state index contributed by atoms with van der Waals surface area (Å²) in [4.78, 5) is 8.80. The quantitative estimate of drug-likeness (QED) is 0.385. The summed E-state index contributed by atoms with van der Waals surface area (Å²) in [6.45, 7) is 0. The number of hydrogen-bond acceptors (Lipinski definition) is 7. The Morgan fingerprint density at radius 2 is 2.04 bits per heavy atom. The smallest absolute Gasteiger partial charge is 0.191 e. The first-order valence-corrected chi connectivity index (χ1v) is 10.7. The van der Waals surface area contributed by atoms with Gasteiger partial charge >= 0.3 is 0 Å². The Balaban J connectivity index is 1.43. The van der Waals surface area contributed by atoms with Gasteiger partial charge in [0.25, 0.3) is 0 Å². The molecule has 25 heavy (non-hydrogen) atoms. The molecule has 0 bridgehead atoms. The molecule has 1 aromatic carbocycles. The van der Waals surface area contributed by atoms with E-state index in [4.69, 9.17) is 0 Å². The third-order valence-electron chi connectivity index (χ3n) is 4.09. The van der Waals surface area contributed by atoms with Crippen LogP contribution in [0.2, 0.25) is 0 Å². The fourth-order valence-electron chi connectivity index (χ4n) is 2.90. The minimum absolute atomic E-state index is 0.361. The summed E-state index contributed by atoms with van der Waals surface area (Å²) in [6.07, 6.45) is 1.65. The highest BCUT2D eigenvalue weighted by Crippen LogP contribution is 2.39. The molecular formula is C17H13N5S3. The van der Waals surface area contributed by atoms with E-state index in [0.717, 1.165) is 38.6 Å². The highest BCUT2D eigenvalue weighted by Gasteiger charge is 2.28. The molecule has 0 unspecified atom stereocenters. The molecule has 124 valence electrons. The summed E-state index contributed by atoms with van der Waals surface area (Å²) in [6, 6.07) is 12.7. The first kappa shape index (κ1) is 15.4. The molecule has 0 radical (unpaired) electrons. The van der Waals surface area contributed by atoms with Crippen molar-refractivity contribution in [1.29, 1.82) is 0 Å². The Morgan fingerprint density at radius 1 is 1.12 bits per heavy atom. The van der Waals surface area contributed by atoms with Gasteiger partial charge in [-0.15, -0.1) is 33.3 Å². The average molecular weight is 384 g/mol. The second-order valence-electron chi connectivity index (χ2n) is 5.63. The van der Waals surface area contributed by atoms with Gasteiger partial charge < -0.3 is 0 Å². The van der Waals surface area contributed by atoms with Crippen LogP contribution in [0.15, 0.2) is 58.3 Å². The second-order valence-corrected chi connectivity index (χ2v) is 8.54. The number of aromatic nitrogens is 5. The lowest BCUT2D eigenvalue weighted by Gasteiger charge is -2.14. The van der Waals surface area contributed by atoms with Crippen molar-refractivity contribution in [2.45, 2.75) is 16.2 Å². The van der Waals surface area contributed by atoms with Gasteiger partial charge in [0.2, 0.25) is 0 Å². The highest BCUT2D eigenvalue weighted by atomic mass is 32.2. The molecule has 0 amide bonds. The van der Waals surface area contributed by atoms with Crippen molar-refractivity contribution in [2.24, 2.45) is 0 Å². The molecule has 5 rings (SSSR count). The van der Waals surface area contributed by atoms with E-state index in [0.29, 0.717) is 6.04 Å². The van der Waals surface area contributed by atoms with E-state index in [1.165, 1.54) is 4.70 Å². The van der Waals surface area contributed by atoms with Crippen molar-refractivity contribution in [3.63, 3.8) is 0 Å². The zero-order chi connectivity index (χ0) is 16.6. The number of benzene rings is 1. The number of thioether (sulfide) groups is 2. The number of nitrogens with zero attached hydrogens (tertiary/aromatic N) is 5. The SMILES string of the molecule is c1ccc(-c2nnc3n2[C@@H](CSc2ncnc4ccsc24)CS3)cc1. The van der Waals surface area contributed by atoms with E-state index < -0.39 is 0 Å². The van der Waals surface area contributed by atoms with Gasteiger partial charge in [-0.2, -0.15) is 0 Å². The molecule has 8 heteroatoms. The van der Waals surface area contributed by atoms with E-state index in [-0.39, 0.29) is 0 Å². The Hall–Kier alpha value is -1.90. The fourth-order valence-corrected chi connectivity index (χ4v) is 6.16. The average Bonchev–Trinajstić information content (AvgIpc) is 3.37. The molecule has 0 saturated heterocycles.